The fourth-order valence-corrected chi connectivity index (χ4v) is 1.91. The van der Waals surface area contributed by atoms with Crippen molar-refractivity contribution in [3.8, 4) is 0 Å². The summed E-state index contributed by atoms with van der Waals surface area (Å²) in [6.07, 6.45) is -4.35. The topological polar surface area (TPSA) is 61.4 Å². The summed E-state index contributed by atoms with van der Waals surface area (Å²) in [7, 11) is 1.70. The van der Waals surface area contributed by atoms with Crippen molar-refractivity contribution in [1.82, 2.24) is 15.5 Å². The zero-order valence-electron chi connectivity index (χ0n) is 13.0. The molecule has 0 saturated carbocycles. The highest BCUT2D eigenvalue weighted by Gasteiger charge is 2.29. The van der Waals surface area contributed by atoms with Gasteiger partial charge in [0.05, 0.1) is 12.1 Å². The van der Waals surface area contributed by atoms with Gasteiger partial charge < -0.3 is 10.6 Å². The van der Waals surface area contributed by atoms with E-state index in [1.54, 1.807) is 11.9 Å². The Kier molecular flexibility index (Phi) is 7.02. The summed E-state index contributed by atoms with van der Waals surface area (Å²) in [5, 5.41) is 5.19. The molecule has 0 saturated heterocycles. The highest BCUT2D eigenvalue weighted by molar-refractivity contribution is 5.78. The van der Waals surface area contributed by atoms with Gasteiger partial charge in [0.25, 0.3) is 0 Å². The number of hydrogen-bond donors (Lipinski definition) is 2. The molecule has 1 aromatic carbocycles. The van der Waals surface area contributed by atoms with E-state index in [4.69, 9.17) is 0 Å². The van der Waals surface area contributed by atoms with Crippen molar-refractivity contribution in [1.29, 1.82) is 0 Å². The fraction of sp³-hybridized carbons (Fsp3) is 0.467. The summed E-state index contributed by atoms with van der Waals surface area (Å²) >= 11 is 0. The van der Waals surface area contributed by atoms with E-state index in [0.717, 1.165) is 12.1 Å². The molecule has 5 nitrogen and oxygen atoms in total. The quantitative estimate of drug-likeness (QED) is 0.742. The van der Waals surface area contributed by atoms with Gasteiger partial charge in [-0.3, -0.25) is 14.5 Å². The van der Waals surface area contributed by atoms with E-state index in [1.165, 1.54) is 19.1 Å². The lowest BCUT2D eigenvalue weighted by Gasteiger charge is -2.17. The van der Waals surface area contributed by atoms with Crippen molar-refractivity contribution in [2.24, 2.45) is 0 Å². The largest absolute Gasteiger partial charge is 0.416 e. The number of nitrogens with zero attached hydrogens (tertiary/aromatic N) is 1. The fourth-order valence-electron chi connectivity index (χ4n) is 1.91. The molecule has 0 spiro atoms. The van der Waals surface area contributed by atoms with E-state index >= 15 is 0 Å². The Bertz CT molecular complexity index is 530. The molecule has 0 radical (unpaired) electrons. The predicted molar refractivity (Wildman–Crippen MR) is 79.5 cm³/mol. The Labute approximate surface area is 132 Å². The maximum absolute atomic E-state index is 12.5. The minimum absolute atomic E-state index is 0.112. The monoisotopic (exact) mass is 331 g/mol. The molecule has 0 aliphatic heterocycles. The number of carbonyl (C=O) groups is 2. The zero-order chi connectivity index (χ0) is 17.5. The average Bonchev–Trinajstić information content (AvgIpc) is 2.43. The number of hydrogen-bond acceptors (Lipinski definition) is 3. The van der Waals surface area contributed by atoms with Gasteiger partial charge in [-0.05, 0) is 24.7 Å². The minimum Gasteiger partial charge on any atom is -0.355 e. The molecule has 0 aliphatic rings. The molecule has 0 atom stereocenters. The highest BCUT2D eigenvalue weighted by atomic mass is 19.4. The molecule has 0 aliphatic carbocycles. The SMILES string of the molecule is CC(=O)NCCNC(=O)CN(C)Cc1ccc(C(F)(F)F)cc1. The third-order valence-electron chi connectivity index (χ3n) is 2.97. The first kappa shape index (κ1) is 19.0. The van der Waals surface area contributed by atoms with Gasteiger partial charge in [0.15, 0.2) is 0 Å². The van der Waals surface area contributed by atoms with Crippen molar-refractivity contribution in [2.45, 2.75) is 19.6 Å². The van der Waals surface area contributed by atoms with Gasteiger partial charge in [0.1, 0.15) is 0 Å². The lowest BCUT2D eigenvalue weighted by Crippen LogP contribution is -2.38. The maximum atomic E-state index is 12.5. The van der Waals surface area contributed by atoms with Crippen LogP contribution in [-0.4, -0.2) is 43.4 Å². The Morgan fingerprint density at radius 3 is 2.17 bits per heavy atom. The third-order valence-corrected chi connectivity index (χ3v) is 2.97. The van der Waals surface area contributed by atoms with E-state index in [1.807, 2.05) is 0 Å². The second-order valence-electron chi connectivity index (χ2n) is 5.20. The normalized spacial score (nSPS) is 11.4. The van der Waals surface area contributed by atoms with Crippen LogP contribution in [0.3, 0.4) is 0 Å². The van der Waals surface area contributed by atoms with E-state index in [-0.39, 0.29) is 18.4 Å². The predicted octanol–water partition coefficient (Wildman–Crippen LogP) is 1.39. The van der Waals surface area contributed by atoms with Gasteiger partial charge in [-0.2, -0.15) is 13.2 Å². The summed E-state index contributed by atoms with van der Waals surface area (Å²) in [5.74, 6) is -0.386. The lowest BCUT2D eigenvalue weighted by molar-refractivity contribution is -0.137. The van der Waals surface area contributed by atoms with Crippen LogP contribution < -0.4 is 10.6 Å². The molecule has 23 heavy (non-hydrogen) atoms. The van der Waals surface area contributed by atoms with Crippen molar-refractivity contribution in [3.63, 3.8) is 0 Å². The second kappa shape index (κ2) is 8.52. The van der Waals surface area contributed by atoms with E-state index in [9.17, 15) is 22.8 Å². The Balaban J connectivity index is 2.37. The van der Waals surface area contributed by atoms with Gasteiger partial charge in [0, 0.05) is 26.6 Å². The summed E-state index contributed by atoms with van der Waals surface area (Å²) in [4.78, 5) is 24.0. The molecule has 2 N–H and O–H groups in total. The van der Waals surface area contributed by atoms with Crippen LogP contribution in [0.1, 0.15) is 18.1 Å². The number of nitrogens with one attached hydrogen (secondary N) is 2. The van der Waals surface area contributed by atoms with E-state index in [0.29, 0.717) is 25.2 Å². The molecule has 0 bridgehead atoms. The van der Waals surface area contributed by atoms with Crippen molar-refractivity contribution in [3.05, 3.63) is 35.4 Å². The first-order chi connectivity index (χ1) is 10.7. The van der Waals surface area contributed by atoms with Crippen LogP contribution in [0.4, 0.5) is 13.2 Å². The first-order valence-electron chi connectivity index (χ1n) is 7.04. The van der Waals surface area contributed by atoms with E-state index in [2.05, 4.69) is 10.6 Å². The smallest absolute Gasteiger partial charge is 0.355 e. The number of carbonyl (C=O) groups excluding carboxylic acids is 2. The molecule has 2 amide bonds. The van der Waals surface area contributed by atoms with Gasteiger partial charge >= 0.3 is 6.18 Å². The molecule has 1 aromatic rings. The Morgan fingerprint density at radius 2 is 1.65 bits per heavy atom. The number of benzene rings is 1. The zero-order valence-corrected chi connectivity index (χ0v) is 13.0. The number of alkyl halides is 3. The van der Waals surface area contributed by atoms with Crippen LogP contribution in [-0.2, 0) is 22.3 Å². The average molecular weight is 331 g/mol. The molecule has 0 aromatic heterocycles. The maximum Gasteiger partial charge on any atom is 0.416 e. The number of amides is 2. The van der Waals surface area contributed by atoms with Crippen LogP contribution in [0.15, 0.2) is 24.3 Å². The Morgan fingerprint density at radius 1 is 1.09 bits per heavy atom. The van der Waals surface area contributed by atoms with Crippen LogP contribution in [0, 0.1) is 0 Å². The van der Waals surface area contributed by atoms with Gasteiger partial charge in [0.2, 0.25) is 11.8 Å². The minimum atomic E-state index is -4.35. The standard InChI is InChI=1S/C15H20F3N3O2/c1-11(22)19-7-8-20-14(23)10-21(2)9-12-3-5-13(6-4-12)15(16,17)18/h3-6H,7-10H2,1-2H3,(H,19,22)(H,20,23). The molecule has 128 valence electrons. The third kappa shape index (κ3) is 7.64. The molecule has 1 rings (SSSR count). The second-order valence-corrected chi connectivity index (χ2v) is 5.20. The summed E-state index contributed by atoms with van der Waals surface area (Å²) < 4.78 is 37.4. The molecule has 8 heteroatoms. The van der Waals surface area contributed by atoms with Crippen molar-refractivity contribution >= 4 is 11.8 Å². The summed E-state index contributed by atoms with van der Waals surface area (Å²) in [6, 6.07) is 4.84. The lowest BCUT2D eigenvalue weighted by atomic mass is 10.1. The summed E-state index contributed by atoms with van der Waals surface area (Å²) in [6.45, 7) is 2.54. The van der Waals surface area contributed by atoms with Crippen LogP contribution in [0.25, 0.3) is 0 Å². The summed E-state index contributed by atoms with van der Waals surface area (Å²) in [5.41, 5.74) is -0.00818. The number of likely N-dealkylation sites (N-methyl/N-ethyl adjacent to an activating group) is 1. The van der Waals surface area contributed by atoms with E-state index < -0.39 is 11.7 Å². The first-order valence-corrected chi connectivity index (χ1v) is 7.04. The molecule has 0 fully saturated rings. The van der Waals surface area contributed by atoms with Crippen LogP contribution in [0.5, 0.6) is 0 Å². The molecular formula is C15H20F3N3O2. The highest BCUT2D eigenvalue weighted by Crippen LogP contribution is 2.29. The van der Waals surface area contributed by atoms with Crippen molar-refractivity contribution in [2.75, 3.05) is 26.7 Å². The Hall–Kier alpha value is -2.09. The van der Waals surface area contributed by atoms with Gasteiger partial charge in [-0.1, -0.05) is 12.1 Å². The van der Waals surface area contributed by atoms with Gasteiger partial charge in [-0.25, -0.2) is 0 Å². The van der Waals surface area contributed by atoms with Gasteiger partial charge in [-0.15, -0.1) is 0 Å². The number of halogens is 3. The molecular weight excluding hydrogens is 311 g/mol. The van der Waals surface area contributed by atoms with Crippen LogP contribution >= 0.6 is 0 Å². The molecule has 0 heterocycles. The van der Waals surface area contributed by atoms with Crippen LogP contribution in [0.2, 0.25) is 0 Å². The molecule has 0 unspecified atom stereocenters. The number of rotatable bonds is 7. The van der Waals surface area contributed by atoms with Crippen molar-refractivity contribution < 1.29 is 22.8 Å².